The zero-order valence-corrected chi connectivity index (χ0v) is 31.8. The van der Waals surface area contributed by atoms with Crippen molar-refractivity contribution in [3.05, 3.63) is 77.2 Å². The molecule has 1 aromatic carbocycles. The number of phosphoric ester groups is 2. The van der Waals surface area contributed by atoms with Crippen molar-refractivity contribution in [1.82, 2.24) is 34.1 Å². The first-order chi connectivity index (χ1) is 27.4. The zero-order valence-electron chi connectivity index (χ0n) is 30.0. The van der Waals surface area contributed by atoms with Gasteiger partial charge in [0.2, 0.25) is 0 Å². The maximum Gasteiger partial charge on any atom is 0.475 e. The van der Waals surface area contributed by atoms with E-state index in [1.54, 1.807) is 44.2 Å². The van der Waals surface area contributed by atoms with Crippen LogP contribution in [0.5, 0.6) is 0 Å². The lowest BCUT2D eigenvalue weighted by atomic mass is 10.0. The largest absolute Gasteiger partial charge is 0.475 e. The molecule has 2 unspecified atom stereocenters. The van der Waals surface area contributed by atoms with Crippen LogP contribution in [0.3, 0.4) is 0 Å². The van der Waals surface area contributed by atoms with Crippen LogP contribution < -0.4 is 10.9 Å². The number of imidazole rings is 1. The molecular weight excluding hydrogens is 795 g/mol. The second-order valence-corrected chi connectivity index (χ2v) is 16.4. The van der Waals surface area contributed by atoms with Gasteiger partial charge in [0.1, 0.15) is 36.3 Å². The Hall–Kier alpha value is -4.78. The molecule has 21 nitrogen and oxygen atoms in total. The van der Waals surface area contributed by atoms with E-state index in [-0.39, 0.29) is 41.0 Å². The molecule has 8 rings (SSSR count). The standard InChI is InChI=1S/C33H34FN9O12P2/c1-17-21-12-50-56(46,47)54-25-18(2)32(43-16-40-24-27(36-14-38-29(24)43)41-30(44)19-7-4-3-5-8-19)53-22(25)13-51-57(48,49-10-6-9-35)55-26(17)33(52-21)42-11-20(34)23-28(42)37-15-39-31(23)45/h3-5,7-8,11,14-18,21-22,25-26,32-33H,6,10,12-13H2,1-2H3,(H,46,47)(H,37,39,45)(H,36,38,41,44)/t17-,18-,21-,22-,25+,26-,32-,33-,57?/m1/s1. The van der Waals surface area contributed by atoms with Crippen LogP contribution in [-0.2, 0) is 41.2 Å². The molecule has 3 N–H and O–H groups in total. The van der Waals surface area contributed by atoms with Gasteiger partial charge >= 0.3 is 15.6 Å². The van der Waals surface area contributed by atoms with Crippen molar-refractivity contribution in [3.63, 3.8) is 0 Å². The van der Waals surface area contributed by atoms with E-state index in [0.717, 1.165) is 12.5 Å². The summed E-state index contributed by atoms with van der Waals surface area (Å²) in [7, 11) is -9.62. The van der Waals surface area contributed by atoms with Crippen LogP contribution in [0.2, 0.25) is 0 Å². The fourth-order valence-corrected chi connectivity index (χ4v) is 9.49. The van der Waals surface area contributed by atoms with Crippen molar-refractivity contribution in [2.45, 2.75) is 57.1 Å². The Balaban J connectivity index is 1.11. The molecule has 5 aromatic rings. The number of aromatic nitrogens is 7. The molecule has 57 heavy (non-hydrogen) atoms. The summed E-state index contributed by atoms with van der Waals surface area (Å²) >= 11 is 0. The Morgan fingerprint density at radius 1 is 1.02 bits per heavy atom. The summed E-state index contributed by atoms with van der Waals surface area (Å²) in [4.78, 5) is 55.8. The number of ether oxygens (including phenoxy) is 2. The van der Waals surface area contributed by atoms with Crippen LogP contribution in [0.1, 0.15) is 43.1 Å². The lowest BCUT2D eigenvalue weighted by Crippen LogP contribution is -2.32. The molecule has 0 aliphatic carbocycles. The van der Waals surface area contributed by atoms with Gasteiger partial charge in [-0.1, -0.05) is 32.0 Å². The van der Waals surface area contributed by atoms with Crippen molar-refractivity contribution < 1.29 is 55.3 Å². The Labute approximate surface area is 321 Å². The summed E-state index contributed by atoms with van der Waals surface area (Å²) < 4.78 is 87.1. The van der Waals surface area contributed by atoms with E-state index in [1.807, 2.05) is 6.07 Å². The van der Waals surface area contributed by atoms with Crippen LogP contribution in [0.25, 0.3) is 22.2 Å². The van der Waals surface area contributed by atoms with Crippen LogP contribution >= 0.6 is 15.6 Å². The van der Waals surface area contributed by atoms with Gasteiger partial charge in [-0.3, -0.25) is 36.8 Å². The van der Waals surface area contributed by atoms with E-state index in [4.69, 9.17) is 32.1 Å². The van der Waals surface area contributed by atoms with E-state index < -0.39 is 94.9 Å². The predicted molar refractivity (Wildman–Crippen MR) is 191 cm³/mol. The molecule has 0 saturated carbocycles. The summed E-state index contributed by atoms with van der Waals surface area (Å²) in [5.41, 5.74) is -0.0633. The van der Waals surface area contributed by atoms with E-state index in [1.165, 1.54) is 21.8 Å². The molecule has 7 heterocycles. The molecule has 3 fully saturated rings. The van der Waals surface area contributed by atoms with Crippen LogP contribution in [0, 0.1) is 29.0 Å². The van der Waals surface area contributed by atoms with Crippen molar-refractivity contribution >= 4 is 49.6 Å². The number of amides is 1. The van der Waals surface area contributed by atoms with Gasteiger partial charge < -0.3 is 29.2 Å². The maximum absolute atomic E-state index is 15.1. The summed E-state index contributed by atoms with van der Waals surface area (Å²) in [6.07, 6.45) is -2.74. The molecule has 4 aromatic heterocycles. The third kappa shape index (κ3) is 7.55. The Kier molecular flexibility index (Phi) is 10.6. The summed E-state index contributed by atoms with van der Waals surface area (Å²) in [6, 6.07) is 10.4. The highest BCUT2D eigenvalue weighted by Gasteiger charge is 2.53. The van der Waals surface area contributed by atoms with Gasteiger partial charge in [0.25, 0.3) is 11.5 Å². The molecular formula is C33H34FN9O12P2. The first-order valence-corrected chi connectivity index (χ1v) is 20.5. The average molecular weight is 830 g/mol. The van der Waals surface area contributed by atoms with Gasteiger partial charge in [0, 0.05) is 23.6 Å². The maximum atomic E-state index is 15.1. The van der Waals surface area contributed by atoms with Crippen molar-refractivity contribution in [2.75, 3.05) is 25.1 Å². The molecule has 3 aliphatic rings. The highest BCUT2D eigenvalue weighted by molar-refractivity contribution is 7.48. The zero-order chi connectivity index (χ0) is 40.1. The van der Waals surface area contributed by atoms with Gasteiger partial charge in [0.05, 0.1) is 51.1 Å². The Morgan fingerprint density at radius 3 is 2.58 bits per heavy atom. The number of nitriles is 1. The van der Waals surface area contributed by atoms with Crippen LogP contribution in [-0.4, -0.2) is 89.1 Å². The SMILES string of the molecule is C[C@@H]1[C@@H]2OP(=O)(O)OC[C@H]3O[C@@H](n4cc(F)c5c(=O)[nH]cnc54)[C@H](OP(=O)(OCCC#N)OC[C@H]2O[C@H]1n1cnc2c(NC(=O)c4ccccc4)ncnc21)[C@@H]3C. The number of nitrogens with one attached hydrogen (secondary N) is 2. The van der Waals surface area contributed by atoms with E-state index in [9.17, 15) is 28.9 Å². The third-order valence-corrected chi connectivity index (χ3v) is 12.3. The molecule has 3 aliphatic heterocycles. The fraction of sp³-hybridized carbons (Fsp3) is 0.424. The normalized spacial score (nSPS) is 31.9. The first-order valence-electron chi connectivity index (χ1n) is 17.5. The molecule has 2 bridgehead atoms. The first kappa shape index (κ1) is 39.1. The molecule has 0 spiro atoms. The Morgan fingerprint density at radius 2 is 1.79 bits per heavy atom. The van der Waals surface area contributed by atoms with Crippen molar-refractivity contribution in [3.8, 4) is 6.07 Å². The summed E-state index contributed by atoms with van der Waals surface area (Å²) in [6.45, 7) is 1.72. The lowest BCUT2D eigenvalue weighted by molar-refractivity contribution is -0.0690. The molecule has 0 radical (unpaired) electrons. The fourth-order valence-electron chi connectivity index (χ4n) is 7.02. The number of rotatable bonds is 7. The van der Waals surface area contributed by atoms with Gasteiger partial charge in [-0.2, -0.15) is 5.26 Å². The van der Waals surface area contributed by atoms with Crippen molar-refractivity contribution in [2.24, 2.45) is 11.8 Å². The number of nitrogens with zero attached hydrogens (tertiary/aromatic N) is 7. The van der Waals surface area contributed by atoms with E-state index in [0.29, 0.717) is 5.56 Å². The summed E-state index contributed by atoms with van der Waals surface area (Å²) in [5, 5.41) is 11.6. The number of carbonyl (C=O) groups excluding carboxylic acids is 1. The molecule has 1 amide bonds. The number of carbonyl (C=O) groups is 1. The number of hydrogen-bond donors (Lipinski definition) is 3. The predicted octanol–water partition coefficient (Wildman–Crippen LogP) is 3.98. The third-order valence-electron chi connectivity index (χ3n) is 9.86. The van der Waals surface area contributed by atoms with Crippen molar-refractivity contribution in [1.29, 1.82) is 5.26 Å². The van der Waals surface area contributed by atoms with E-state index >= 15 is 4.39 Å². The lowest BCUT2D eigenvalue weighted by Gasteiger charge is -2.28. The van der Waals surface area contributed by atoms with Gasteiger partial charge in [0.15, 0.2) is 34.7 Å². The Bertz CT molecular complexity index is 2510. The van der Waals surface area contributed by atoms with Gasteiger partial charge in [-0.15, -0.1) is 0 Å². The number of phosphoric acid groups is 2. The number of hydrogen-bond acceptors (Lipinski definition) is 16. The number of halogens is 1. The monoisotopic (exact) mass is 829 g/mol. The van der Waals surface area contributed by atoms with E-state index in [2.05, 4.69) is 30.2 Å². The number of anilines is 1. The van der Waals surface area contributed by atoms with Gasteiger partial charge in [-0.05, 0) is 12.1 Å². The number of fused-ring (bicyclic) bond motifs is 5. The minimum Gasteiger partial charge on any atom is -0.349 e. The summed E-state index contributed by atoms with van der Waals surface area (Å²) in [5.74, 6) is -2.81. The highest BCUT2D eigenvalue weighted by Crippen LogP contribution is 2.58. The second kappa shape index (κ2) is 15.5. The minimum atomic E-state index is -4.93. The van der Waals surface area contributed by atoms with Crippen LogP contribution in [0.4, 0.5) is 10.2 Å². The number of benzene rings is 1. The van der Waals surface area contributed by atoms with Gasteiger partial charge in [-0.25, -0.2) is 33.5 Å². The second-order valence-electron chi connectivity index (χ2n) is 13.4. The molecule has 10 atom stereocenters. The highest BCUT2D eigenvalue weighted by atomic mass is 31.2. The van der Waals surface area contributed by atoms with Crippen LogP contribution in [0.15, 0.2) is 60.3 Å². The molecule has 300 valence electrons. The number of H-pyrrole nitrogens is 1. The molecule has 3 saturated heterocycles. The molecule has 24 heteroatoms. The quantitative estimate of drug-likeness (QED) is 0.155. The average Bonchev–Trinajstić information content (AvgIpc) is 3.93. The number of aromatic amines is 1. The smallest absolute Gasteiger partial charge is 0.349 e. The minimum absolute atomic E-state index is 0.115. The topological polar surface area (TPSA) is 266 Å².